The topological polar surface area (TPSA) is 178 Å². The van der Waals surface area contributed by atoms with E-state index in [1.807, 2.05) is 60.7 Å². The van der Waals surface area contributed by atoms with Crippen molar-refractivity contribution in [2.75, 3.05) is 17.7 Å². The van der Waals surface area contributed by atoms with Gasteiger partial charge in [-0.2, -0.15) is 0 Å². The number of carbonyl (C=O) groups excluding carboxylic acids is 2. The Kier molecular flexibility index (Phi) is 9.29. The van der Waals surface area contributed by atoms with Crippen molar-refractivity contribution in [3.8, 4) is 22.9 Å². The lowest BCUT2D eigenvalue weighted by atomic mass is 10.2. The first-order chi connectivity index (χ1) is 21.5. The molecule has 0 radical (unpaired) electrons. The molecule has 13 nitrogen and oxygen atoms in total. The quantitative estimate of drug-likeness (QED) is 0.0942. The maximum Gasteiger partial charge on any atom is 0.337 e. The standard InChI is InChI=1S/C16H13N3O3.C15H12N4O3/c1-21-15(20)12-7-9-13(10-8-12)17-16-19-18-14(22-16)11-5-3-2-4-6-11;20-13(19-21)10-6-8-12(9-7-10)16-15-18-17-14(22-15)11-4-2-1-3-5-11/h2-10H,1H3,(H,17,19);1-9,21H,(H,16,18)(H,19,20). The number of anilines is 4. The summed E-state index contributed by atoms with van der Waals surface area (Å²) in [7, 11) is 1.35. The fourth-order valence-electron chi connectivity index (χ4n) is 3.77. The van der Waals surface area contributed by atoms with Gasteiger partial charge < -0.3 is 24.2 Å². The molecule has 0 saturated heterocycles. The van der Waals surface area contributed by atoms with Crippen molar-refractivity contribution in [3.63, 3.8) is 0 Å². The lowest BCUT2D eigenvalue weighted by Crippen LogP contribution is -2.18. The third-order valence-electron chi connectivity index (χ3n) is 5.95. The number of esters is 1. The van der Waals surface area contributed by atoms with Crippen molar-refractivity contribution < 1.29 is 28.4 Å². The van der Waals surface area contributed by atoms with Crippen LogP contribution in [0, 0.1) is 0 Å². The number of rotatable bonds is 8. The molecular formula is C31H25N7O6. The number of benzene rings is 4. The molecule has 0 saturated carbocycles. The zero-order valence-electron chi connectivity index (χ0n) is 23.2. The van der Waals surface area contributed by atoms with Crippen LogP contribution in [-0.2, 0) is 4.74 Å². The summed E-state index contributed by atoms with van der Waals surface area (Å²) in [6, 6.07) is 32.7. The Hall–Kier alpha value is -6.34. The van der Waals surface area contributed by atoms with E-state index in [4.69, 9.17) is 14.0 Å². The van der Waals surface area contributed by atoms with Gasteiger partial charge in [-0.25, -0.2) is 10.3 Å². The minimum absolute atomic E-state index is 0.248. The minimum Gasteiger partial charge on any atom is -0.465 e. The summed E-state index contributed by atoms with van der Waals surface area (Å²) >= 11 is 0. The van der Waals surface area contributed by atoms with Crippen molar-refractivity contribution in [1.29, 1.82) is 0 Å². The Morgan fingerprint density at radius 3 is 1.45 bits per heavy atom. The Bertz CT molecular complexity index is 1670. The maximum absolute atomic E-state index is 11.4. The molecule has 0 aliphatic rings. The summed E-state index contributed by atoms with van der Waals surface area (Å²) < 4.78 is 15.7. The van der Waals surface area contributed by atoms with Gasteiger partial charge in [0.1, 0.15) is 0 Å². The molecule has 0 unspecified atom stereocenters. The van der Waals surface area contributed by atoms with E-state index in [2.05, 4.69) is 35.8 Å². The average Bonchev–Trinajstić information content (AvgIpc) is 3.76. The Morgan fingerprint density at radius 2 is 1.05 bits per heavy atom. The molecule has 2 aromatic heterocycles. The molecular weight excluding hydrogens is 566 g/mol. The molecule has 2 heterocycles. The Balaban J connectivity index is 0.000000175. The highest BCUT2D eigenvalue weighted by molar-refractivity contribution is 5.93. The molecule has 0 aliphatic heterocycles. The number of nitrogens with one attached hydrogen (secondary N) is 3. The van der Waals surface area contributed by atoms with Gasteiger partial charge in [-0.1, -0.05) is 46.6 Å². The van der Waals surface area contributed by atoms with Crippen LogP contribution in [0.5, 0.6) is 0 Å². The van der Waals surface area contributed by atoms with E-state index in [9.17, 15) is 9.59 Å². The summed E-state index contributed by atoms with van der Waals surface area (Å²) in [6.07, 6.45) is 0. The molecule has 0 atom stereocenters. The van der Waals surface area contributed by atoms with Crippen molar-refractivity contribution in [1.82, 2.24) is 25.9 Å². The largest absolute Gasteiger partial charge is 0.465 e. The average molecular weight is 592 g/mol. The second-order valence-corrected chi connectivity index (χ2v) is 8.89. The van der Waals surface area contributed by atoms with Gasteiger partial charge >= 0.3 is 18.0 Å². The predicted molar refractivity (Wildman–Crippen MR) is 160 cm³/mol. The van der Waals surface area contributed by atoms with Gasteiger partial charge in [0, 0.05) is 28.1 Å². The van der Waals surface area contributed by atoms with E-state index in [1.54, 1.807) is 54.0 Å². The third-order valence-corrected chi connectivity index (χ3v) is 5.95. The fraction of sp³-hybridized carbons (Fsp3) is 0.0323. The molecule has 13 heteroatoms. The highest BCUT2D eigenvalue weighted by Gasteiger charge is 2.11. The van der Waals surface area contributed by atoms with E-state index in [0.717, 1.165) is 16.8 Å². The van der Waals surface area contributed by atoms with Crippen molar-refractivity contribution in [3.05, 3.63) is 120 Å². The van der Waals surface area contributed by atoms with Crippen LogP contribution >= 0.6 is 0 Å². The first kappa shape index (κ1) is 29.2. The lowest BCUT2D eigenvalue weighted by Gasteiger charge is -2.02. The van der Waals surface area contributed by atoms with Crippen molar-refractivity contribution >= 4 is 35.3 Å². The molecule has 0 spiro atoms. The van der Waals surface area contributed by atoms with Crippen molar-refractivity contribution in [2.24, 2.45) is 0 Å². The number of nitrogens with zero attached hydrogens (tertiary/aromatic N) is 4. The zero-order valence-corrected chi connectivity index (χ0v) is 23.2. The van der Waals surface area contributed by atoms with E-state index >= 15 is 0 Å². The molecule has 0 aliphatic carbocycles. The zero-order chi connectivity index (χ0) is 30.7. The number of hydrogen-bond donors (Lipinski definition) is 4. The third kappa shape index (κ3) is 7.48. The van der Waals surface area contributed by atoms with Gasteiger partial charge in [0.25, 0.3) is 5.91 Å². The summed E-state index contributed by atoms with van der Waals surface area (Å²) in [5, 5.41) is 30.3. The Morgan fingerprint density at radius 1 is 0.614 bits per heavy atom. The van der Waals surface area contributed by atoms with E-state index < -0.39 is 5.91 Å². The van der Waals surface area contributed by atoms with Gasteiger partial charge in [-0.3, -0.25) is 10.0 Å². The number of hydroxylamine groups is 1. The summed E-state index contributed by atoms with van der Waals surface area (Å²) in [4.78, 5) is 22.6. The van der Waals surface area contributed by atoms with Crippen LogP contribution < -0.4 is 16.1 Å². The SMILES string of the molecule is COC(=O)c1ccc(Nc2nnc(-c3ccccc3)o2)cc1.O=C(NO)c1ccc(Nc2nnc(-c3ccccc3)o2)cc1. The number of carbonyl (C=O) groups is 2. The molecule has 0 bridgehead atoms. The van der Waals surface area contributed by atoms with Crippen LogP contribution in [0.3, 0.4) is 0 Å². The Labute approximate surface area is 250 Å². The predicted octanol–water partition coefficient (Wildman–Crippen LogP) is 5.87. The summed E-state index contributed by atoms with van der Waals surface area (Å²) in [5.41, 5.74) is 5.48. The summed E-state index contributed by atoms with van der Waals surface area (Å²) in [6.45, 7) is 0. The first-order valence-corrected chi connectivity index (χ1v) is 13.1. The molecule has 6 rings (SSSR count). The van der Waals surface area contributed by atoms with Gasteiger partial charge in [-0.05, 0) is 72.8 Å². The molecule has 1 amide bonds. The molecule has 0 fully saturated rings. The highest BCUT2D eigenvalue weighted by Crippen LogP contribution is 2.23. The normalized spacial score (nSPS) is 10.2. The van der Waals surface area contributed by atoms with Crippen LogP contribution in [0.2, 0.25) is 0 Å². The second-order valence-electron chi connectivity index (χ2n) is 8.89. The van der Waals surface area contributed by atoms with Crippen molar-refractivity contribution in [2.45, 2.75) is 0 Å². The molecule has 4 N–H and O–H groups in total. The van der Waals surface area contributed by atoms with Crippen LogP contribution in [-0.4, -0.2) is 44.6 Å². The lowest BCUT2D eigenvalue weighted by molar-refractivity contribution is 0.0600. The smallest absolute Gasteiger partial charge is 0.337 e. The first-order valence-electron chi connectivity index (χ1n) is 13.1. The molecule has 6 aromatic rings. The van der Waals surface area contributed by atoms with Crippen LogP contribution in [0.1, 0.15) is 20.7 Å². The number of amides is 1. The van der Waals surface area contributed by atoms with Crippen LogP contribution in [0.25, 0.3) is 22.9 Å². The number of methoxy groups -OCH3 is 1. The van der Waals surface area contributed by atoms with Gasteiger partial charge in [0.05, 0.1) is 12.7 Å². The van der Waals surface area contributed by atoms with Gasteiger partial charge in [0.15, 0.2) is 0 Å². The van der Waals surface area contributed by atoms with E-state index in [0.29, 0.717) is 28.6 Å². The maximum atomic E-state index is 11.4. The van der Waals surface area contributed by atoms with Crippen LogP contribution in [0.15, 0.2) is 118 Å². The van der Waals surface area contributed by atoms with Crippen LogP contribution in [0.4, 0.5) is 23.4 Å². The summed E-state index contributed by atoms with van der Waals surface area (Å²) in [5.74, 6) is -0.0972. The van der Waals surface area contributed by atoms with E-state index in [-0.39, 0.29) is 18.0 Å². The molecule has 220 valence electrons. The molecule has 44 heavy (non-hydrogen) atoms. The number of hydrogen-bond acceptors (Lipinski definition) is 12. The molecule has 4 aromatic carbocycles. The second kappa shape index (κ2) is 14.0. The fourth-order valence-corrected chi connectivity index (χ4v) is 3.77. The number of ether oxygens (including phenoxy) is 1. The monoisotopic (exact) mass is 591 g/mol. The minimum atomic E-state index is -0.573. The number of aromatic nitrogens is 4. The highest BCUT2D eigenvalue weighted by atomic mass is 16.5. The van der Waals surface area contributed by atoms with Gasteiger partial charge in [-0.15, -0.1) is 10.2 Å². The van der Waals surface area contributed by atoms with E-state index in [1.165, 1.54) is 7.11 Å². The van der Waals surface area contributed by atoms with Gasteiger partial charge in [0.2, 0.25) is 11.8 Å².